The zero-order chi connectivity index (χ0) is 15.0. The second-order valence-electron chi connectivity index (χ2n) is 5.94. The molecule has 0 radical (unpaired) electrons. The predicted octanol–water partition coefficient (Wildman–Crippen LogP) is 0.979. The van der Waals surface area contributed by atoms with E-state index in [9.17, 15) is 4.79 Å². The maximum absolute atomic E-state index is 12.0. The molecule has 0 aromatic rings. The van der Waals surface area contributed by atoms with Gasteiger partial charge in [0.2, 0.25) is 5.91 Å². The first-order chi connectivity index (χ1) is 9.56. The van der Waals surface area contributed by atoms with Gasteiger partial charge in [0.05, 0.1) is 6.61 Å². The Morgan fingerprint density at radius 2 is 2.25 bits per heavy atom. The molecular formula is C15H31N3O2. The number of nitrogens with one attached hydrogen (secondary N) is 1. The summed E-state index contributed by atoms with van der Waals surface area (Å²) in [6.45, 7) is 5.63. The van der Waals surface area contributed by atoms with Gasteiger partial charge in [0.25, 0.3) is 0 Å². The summed E-state index contributed by atoms with van der Waals surface area (Å²) < 4.78 is 5.09. The normalized spacial score (nSPS) is 26.3. The molecule has 1 aliphatic carbocycles. The molecule has 3 N–H and O–H groups in total. The molecule has 1 amide bonds. The topological polar surface area (TPSA) is 67.6 Å². The molecule has 5 nitrogen and oxygen atoms in total. The number of hydrogen-bond acceptors (Lipinski definition) is 4. The fraction of sp³-hybridized carbons (Fsp3) is 0.933. The van der Waals surface area contributed by atoms with Crippen molar-refractivity contribution in [2.45, 2.75) is 44.6 Å². The zero-order valence-electron chi connectivity index (χ0n) is 13.3. The second-order valence-corrected chi connectivity index (χ2v) is 5.94. The van der Waals surface area contributed by atoms with Crippen LogP contribution in [-0.4, -0.2) is 56.7 Å². The quantitative estimate of drug-likeness (QED) is 0.628. The number of methoxy groups -OCH3 is 1. The van der Waals surface area contributed by atoms with Gasteiger partial charge in [-0.15, -0.1) is 0 Å². The van der Waals surface area contributed by atoms with Crippen molar-refractivity contribution < 1.29 is 9.53 Å². The van der Waals surface area contributed by atoms with Crippen molar-refractivity contribution in [3.8, 4) is 0 Å². The summed E-state index contributed by atoms with van der Waals surface area (Å²) in [6.07, 6.45) is 5.11. The van der Waals surface area contributed by atoms with E-state index in [1.54, 1.807) is 7.11 Å². The van der Waals surface area contributed by atoms with Crippen molar-refractivity contribution in [2.24, 2.45) is 11.7 Å². The van der Waals surface area contributed by atoms with Crippen molar-refractivity contribution >= 4 is 5.91 Å². The van der Waals surface area contributed by atoms with Gasteiger partial charge < -0.3 is 20.7 Å². The van der Waals surface area contributed by atoms with Gasteiger partial charge >= 0.3 is 0 Å². The van der Waals surface area contributed by atoms with Crippen molar-refractivity contribution in [3.63, 3.8) is 0 Å². The lowest BCUT2D eigenvalue weighted by Crippen LogP contribution is -2.58. The van der Waals surface area contributed by atoms with Crippen LogP contribution in [0.5, 0.6) is 0 Å². The smallest absolute Gasteiger partial charge is 0.238 e. The van der Waals surface area contributed by atoms with E-state index in [4.69, 9.17) is 10.5 Å². The first-order valence-electron chi connectivity index (χ1n) is 7.79. The summed E-state index contributed by atoms with van der Waals surface area (Å²) in [5, 5.41) is 3.44. The Bertz CT molecular complexity index is 299. The van der Waals surface area contributed by atoms with Gasteiger partial charge in [-0.05, 0) is 51.7 Å². The molecule has 0 spiro atoms. The molecule has 0 aliphatic heterocycles. The van der Waals surface area contributed by atoms with Crippen LogP contribution >= 0.6 is 0 Å². The highest BCUT2D eigenvalue weighted by Gasteiger charge is 2.46. The lowest BCUT2D eigenvalue weighted by molar-refractivity contribution is -0.126. The van der Waals surface area contributed by atoms with Crippen molar-refractivity contribution in [2.75, 3.05) is 40.4 Å². The van der Waals surface area contributed by atoms with Gasteiger partial charge in [0.15, 0.2) is 0 Å². The summed E-state index contributed by atoms with van der Waals surface area (Å²) in [5.74, 6) is 0.185. The van der Waals surface area contributed by atoms with E-state index in [0.717, 1.165) is 58.3 Å². The fourth-order valence-corrected chi connectivity index (χ4v) is 3.20. The molecule has 0 heterocycles. The Kier molecular flexibility index (Phi) is 7.48. The molecule has 0 saturated heterocycles. The molecule has 20 heavy (non-hydrogen) atoms. The fourth-order valence-electron chi connectivity index (χ4n) is 3.20. The first-order valence-corrected chi connectivity index (χ1v) is 7.79. The van der Waals surface area contributed by atoms with Crippen LogP contribution in [0.3, 0.4) is 0 Å². The molecule has 1 aliphatic rings. The molecule has 2 atom stereocenters. The Balaban J connectivity index is 2.55. The molecule has 118 valence electrons. The monoisotopic (exact) mass is 285 g/mol. The third-order valence-electron chi connectivity index (χ3n) is 4.49. The van der Waals surface area contributed by atoms with Crippen LogP contribution in [0.4, 0.5) is 0 Å². The SMILES string of the molecule is CCCNC1(C(N)=O)CCCC1CCN(C)CCOC. The number of ether oxygens (including phenoxy) is 1. The van der Waals surface area contributed by atoms with E-state index < -0.39 is 5.54 Å². The summed E-state index contributed by atoms with van der Waals surface area (Å²) in [4.78, 5) is 14.2. The van der Waals surface area contributed by atoms with Crippen LogP contribution in [-0.2, 0) is 9.53 Å². The zero-order valence-corrected chi connectivity index (χ0v) is 13.3. The average Bonchev–Trinajstić information content (AvgIpc) is 2.84. The minimum atomic E-state index is -0.474. The van der Waals surface area contributed by atoms with Gasteiger partial charge in [-0.3, -0.25) is 4.79 Å². The van der Waals surface area contributed by atoms with E-state index >= 15 is 0 Å². The van der Waals surface area contributed by atoms with E-state index in [2.05, 4.69) is 24.2 Å². The molecule has 2 unspecified atom stereocenters. The minimum Gasteiger partial charge on any atom is -0.383 e. The summed E-state index contributed by atoms with van der Waals surface area (Å²) in [6, 6.07) is 0. The molecule has 0 aromatic heterocycles. The van der Waals surface area contributed by atoms with Gasteiger partial charge in [-0.1, -0.05) is 13.3 Å². The van der Waals surface area contributed by atoms with Crippen LogP contribution in [0.15, 0.2) is 0 Å². The number of carbonyl (C=O) groups is 1. The molecule has 5 heteroatoms. The lowest BCUT2D eigenvalue weighted by atomic mass is 9.83. The van der Waals surface area contributed by atoms with E-state index in [0.29, 0.717) is 5.92 Å². The van der Waals surface area contributed by atoms with E-state index in [1.807, 2.05) is 0 Å². The van der Waals surface area contributed by atoms with Crippen LogP contribution in [0, 0.1) is 5.92 Å². The highest BCUT2D eigenvalue weighted by molar-refractivity contribution is 5.85. The van der Waals surface area contributed by atoms with Crippen LogP contribution in [0.2, 0.25) is 0 Å². The average molecular weight is 285 g/mol. The number of hydrogen-bond donors (Lipinski definition) is 2. The van der Waals surface area contributed by atoms with Crippen LogP contribution in [0.1, 0.15) is 39.0 Å². The lowest BCUT2D eigenvalue weighted by Gasteiger charge is -2.34. The van der Waals surface area contributed by atoms with Gasteiger partial charge in [0.1, 0.15) is 5.54 Å². The first kappa shape index (κ1) is 17.4. The van der Waals surface area contributed by atoms with E-state index in [1.165, 1.54) is 0 Å². The van der Waals surface area contributed by atoms with Crippen molar-refractivity contribution in [1.82, 2.24) is 10.2 Å². The largest absolute Gasteiger partial charge is 0.383 e. The van der Waals surface area contributed by atoms with Crippen molar-refractivity contribution in [1.29, 1.82) is 0 Å². The molecular weight excluding hydrogens is 254 g/mol. The highest BCUT2D eigenvalue weighted by Crippen LogP contribution is 2.38. The number of carbonyl (C=O) groups excluding carboxylic acids is 1. The number of primary amides is 1. The molecule has 1 fully saturated rings. The number of nitrogens with zero attached hydrogens (tertiary/aromatic N) is 1. The Hall–Kier alpha value is -0.650. The number of likely N-dealkylation sites (N-methyl/N-ethyl adjacent to an activating group) is 1. The van der Waals surface area contributed by atoms with Crippen LogP contribution in [0.25, 0.3) is 0 Å². The molecule has 1 saturated carbocycles. The van der Waals surface area contributed by atoms with E-state index in [-0.39, 0.29) is 5.91 Å². The molecule has 0 aromatic carbocycles. The van der Waals surface area contributed by atoms with Crippen LogP contribution < -0.4 is 11.1 Å². The highest BCUT2D eigenvalue weighted by atomic mass is 16.5. The Labute approximate surface area is 123 Å². The molecule has 0 bridgehead atoms. The Morgan fingerprint density at radius 3 is 2.85 bits per heavy atom. The number of rotatable bonds is 10. The predicted molar refractivity (Wildman–Crippen MR) is 81.6 cm³/mol. The summed E-state index contributed by atoms with van der Waals surface area (Å²) in [7, 11) is 3.82. The minimum absolute atomic E-state index is 0.173. The number of amides is 1. The third-order valence-corrected chi connectivity index (χ3v) is 4.49. The van der Waals surface area contributed by atoms with Gasteiger partial charge in [0, 0.05) is 13.7 Å². The van der Waals surface area contributed by atoms with Gasteiger partial charge in [-0.2, -0.15) is 0 Å². The molecule has 1 rings (SSSR count). The summed E-state index contributed by atoms with van der Waals surface area (Å²) in [5.41, 5.74) is 5.24. The summed E-state index contributed by atoms with van der Waals surface area (Å²) >= 11 is 0. The standard InChI is InChI=1S/C15H31N3O2/c1-4-9-17-15(14(16)19)8-5-6-13(15)7-10-18(2)11-12-20-3/h13,17H,4-12H2,1-3H3,(H2,16,19). The maximum atomic E-state index is 12.0. The Morgan fingerprint density at radius 1 is 1.50 bits per heavy atom. The second kappa shape index (κ2) is 8.60. The maximum Gasteiger partial charge on any atom is 0.238 e. The van der Waals surface area contributed by atoms with Gasteiger partial charge in [-0.25, -0.2) is 0 Å². The number of nitrogens with two attached hydrogens (primary N) is 1. The van der Waals surface area contributed by atoms with Crippen molar-refractivity contribution in [3.05, 3.63) is 0 Å². The third kappa shape index (κ3) is 4.43.